The number of rotatable bonds is 12. The summed E-state index contributed by atoms with van der Waals surface area (Å²) in [6.07, 6.45) is 2.27. The number of carbonyl (C=O) groups is 4. The van der Waals surface area contributed by atoms with E-state index in [4.69, 9.17) is 4.42 Å². The number of nitrogens with one attached hydrogen (secondary N) is 2. The molecular formula is C43H43N5O7. The molecule has 0 aliphatic carbocycles. The molecule has 2 fully saturated rings. The van der Waals surface area contributed by atoms with E-state index in [1.165, 1.54) is 0 Å². The van der Waals surface area contributed by atoms with Gasteiger partial charge in [0.15, 0.2) is 18.0 Å². The van der Waals surface area contributed by atoms with Gasteiger partial charge in [-0.1, -0.05) is 60.7 Å². The summed E-state index contributed by atoms with van der Waals surface area (Å²) in [6, 6.07) is 31.3. The highest BCUT2D eigenvalue weighted by atomic mass is 16.4. The molecule has 2 aliphatic heterocycles. The molecule has 1 aromatic heterocycles. The van der Waals surface area contributed by atoms with Crippen molar-refractivity contribution in [3.63, 3.8) is 0 Å². The van der Waals surface area contributed by atoms with E-state index in [0.29, 0.717) is 65.6 Å². The van der Waals surface area contributed by atoms with Crippen molar-refractivity contribution in [3.8, 4) is 22.8 Å². The highest BCUT2D eigenvalue weighted by Crippen LogP contribution is 2.30. The van der Waals surface area contributed by atoms with Gasteiger partial charge in [-0.15, -0.1) is 0 Å². The van der Waals surface area contributed by atoms with E-state index in [9.17, 15) is 29.4 Å². The minimum absolute atomic E-state index is 0.126. The highest BCUT2D eigenvalue weighted by molar-refractivity contribution is 5.93. The number of hydrogen-bond donors (Lipinski definition) is 4. The van der Waals surface area contributed by atoms with Crippen LogP contribution in [0.15, 0.2) is 120 Å². The van der Waals surface area contributed by atoms with Gasteiger partial charge in [-0.2, -0.15) is 0 Å². The highest BCUT2D eigenvalue weighted by Gasteiger charge is 2.35. The molecule has 4 amide bonds. The Hall–Kier alpha value is -6.11. The van der Waals surface area contributed by atoms with Crippen molar-refractivity contribution in [1.29, 1.82) is 0 Å². The summed E-state index contributed by atoms with van der Waals surface area (Å²) in [5.74, 6) is -0.288. The lowest BCUT2D eigenvalue weighted by molar-refractivity contribution is -0.142. The second-order valence-corrected chi connectivity index (χ2v) is 14.0. The van der Waals surface area contributed by atoms with Crippen molar-refractivity contribution in [2.75, 3.05) is 23.7 Å². The summed E-state index contributed by atoms with van der Waals surface area (Å²) in [5, 5.41) is 27.1. The molecule has 2 aliphatic rings. The number of hydrogen-bond acceptors (Lipinski definition) is 8. The lowest BCUT2D eigenvalue weighted by Crippen LogP contribution is -2.40. The van der Waals surface area contributed by atoms with Crippen LogP contribution in [-0.4, -0.2) is 73.8 Å². The molecule has 0 radical (unpaired) electrons. The third kappa shape index (κ3) is 8.83. The van der Waals surface area contributed by atoms with Gasteiger partial charge in [0.2, 0.25) is 17.7 Å². The van der Waals surface area contributed by atoms with Gasteiger partial charge in [0.25, 0.3) is 11.8 Å². The van der Waals surface area contributed by atoms with E-state index >= 15 is 0 Å². The van der Waals surface area contributed by atoms with E-state index in [1.54, 1.807) is 101 Å². The Bertz CT molecular complexity index is 1960. The molecule has 7 rings (SSSR count). The number of carbonyl (C=O) groups excluding carboxylic acids is 4. The molecule has 5 aromatic rings. The number of aliphatic hydroxyl groups is 2. The Labute approximate surface area is 318 Å². The molecule has 2 saturated heterocycles. The van der Waals surface area contributed by atoms with Crippen molar-refractivity contribution in [3.05, 3.63) is 127 Å². The van der Waals surface area contributed by atoms with Gasteiger partial charge >= 0.3 is 0 Å². The molecule has 12 nitrogen and oxygen atoms in total. The second-order valence-electron chi connectivity index (χ2n) is 14.0. The third-order valence-electron chi connectivity index (χ3n) is 10.2. The van der Waals surface area contributed by atoms with Gasteiger partial charge in [0.05, 0.1) is 6.20 Å². The molecule has 12 heteroatoms. The minimum Gasteiger partial charge on any atom is -0.436 e. The Morgan fingerprint density at radius 3 is 1.53 bits per heavy atom. The monoisotopic (exact) mass is 741 g/mol. The summed E-state index contributed by atoms with van der Waals surface area (Å²) >= 11 is 0. The minimum atomic E-state index is -1.26. The molecular weight excluding hydrogens is 699 g/mol. The van der Waals surface area contributed by atoms with Gasteiger partial charge in [-0.05, 0) is 85.3 Å². The summed E-state index contributed by atoms with van der Waals surface area (Å²) in [7, 11) is 0. The lowest BCUT2D eigenvalue weighted by atomic mass is 10.1. The van der Waals surface area contributed by atoms with Crippen LogP contribution >= 0.6 is 0 Å². The van der Waals surface area contributed by atoms with Crippen molar-refractivity contribution in [1.82, 2.24) is 14.8 Å². The van der Waals surface area contributed by atoms with E-state index in [0.717, 1.165) is 18.4 Å². The van der Waals surface area contributed by atoms with Gasteiger partial charge in [0, 0.05) is 60.5 Å². The first-order chi connectivity index (χ1) is 26.7. The Morgan fingerprint density at radius 2 is 1.07 bits per heavy atom. The third-order valence-corrected chi connectivity index (χ3v) is 10.2. The molecule has 282 valence electrons. The zero-order valence-corrected chi connectivity index (χ0v) is 30.2. The standard InChI is InChI=1S/C43H43N5O7/c49-37(25-34-13-7-23-47(34)42(53)39(51)29-9-3-1-4-10-29)45-32-19-15-28(16-20-32)36-27-44-41(55-36)31-17-21-33(22-18-31)46-38(50)26-35-14-8-24-48(35)43(54)40(52)30-11-5-2-6-12-30/h1-6,9-12,15-22,27,34-35,39-40,51-52H,7-8,13-14,23-26H2,(H,45,49)(H,46,50)/t34-,35-,39+,40+/m0/s1. The van der Waals surface area contributed by atoms with Gasteiger partial charge in [0.1, 0.15) is 0 Å². The molecule has 4 atom stereocenters. The second kappa shape index (κ2) is 16.9. The zero-order valence-electron chi connectivity index (χ0n) is 30.2. The van der Waals surface area contributed by atoms with Crippen molar-refractivity contribution >= 4 is 35.0 Å². The van der Waals surface area contributed by atoms with E-state index in [-0.39, 0.29) is 42.6 Å². The van der Waals surface area contributed by atoms with Gasteiger partial charge < -0.3 is 35.1 Å². The topological polar surface area (TPSA) is 165 Å². The van der Waals surface area contributed by atoms with Crippen LogP contribution < -0.4 is 10.6 Å². The van der Waals surface area contributed by atoms with Crippen LogP contribution in [0.1, 0.15) is 61.9 Å². The number of amides is 4. The first-order valence-corrected chi connectivity index (χ1v) is 18.6. The quantitative estimate of drug-likeness (QED) is 0.119. The van der Waals surface area contributed by atoms with E-state index in [1.807, 2.05) is 24.3 Å². The average molecular weight is 742 g/mol. The first kappa shape index (κ1) is 37.2. The Morgan fingerprint density at radius 1 is 0.636 bits per heavy atom. The van der Waals surface area contributed by atoms with Crippen LogP contribution in [0.3, 0.4) is 0 Å². The molecule has 4 aromatic carbocycles. The normalized spacial score (nSPS) is 17.8. The predicted octanol–water partition coefficient (Wildman–Crippen LogP) is 6.12. The van der Waals surface area contributed by atoms with Crippen molar-refractivity contribution in [2.45, 2.75) is 62.8 Å². The number of likely N-dealkylation sites (tertiary alicyclic amines) is 2. The maximum atomic E-state index is 13.0. The Balaban J connectivity index is 0.894. The molecule has 55 heavy (non-hydrogen) atoms. The molecule has 0 saturated carbocycles. The van der Waals surface area contributed by atoms with Crippen molar-refractivity contribution < 1.29 is 33.8 Å². The number of oxazole rings is 1. The molecule has 3 heterocycles. The fourth-order valence-corrected chi connectivity index (χ4v) is 7.35. The summed E-state index contributed by atoms with van der Waals surface area (Å²) in [5.41, 5.74) is 3.73. The molecule has 4 N–H and O–H groups in total. The van der Waals surface area contributed by atoms with Crippen LogP contribution in [0.4, 0.5) is 11.4 Å². The maximum Gasteiger partial charge on any atom is 0.256 e. The smallest absolute Gasteiger partial charge is 0.256 e. The van der Waals surface area contributed by atoms with Crippen LogP contribution in [0, 0.1) is 0 Å². The SMILES string of the molecule is O=C(C[C@@H]1CCCN1C(=O)[C@H](O)c1ccccc1)Nc1ccc(-c2cnc(-c3ccc(NC(=O)C[C@@H]4CCCN4C(=O)[C@H](O)c4ccccc4)cc3)o2)cc1. The van der Waals surface area contributed by atoms with E-state index in [2.05, 4.69) is 15.6 Å². The van der Waals surface area contributed by atoms with Crippen LogP contribution in [0.25, 0.3) is 22.8 Å². The average Bonchev–Trinajstić information content (AvgIpc) is 4.00. The van der Waals surface area contributed by atoms with Crippen molar-refractivity contribution in [2.24, 2.45) is 0 Å². The van der Waals surface area contributed by atoms with Gasteiger partial charge in [-0.3, -0.25) is 19.2 Å². The molecule has 0 bridgehead atoms. The Kier molecular flexibility index (Phi) is 11.4. The van der Waals surface area contributed by atoms with Gasteiger partial charge in [-0.25, -0.2) is 4.98 Å². The summed E-state index contributed by atoms with van der Waals surface area (Å²) in [6.45, 7) is 1.00. The number of aliphatic hydroxyl groups excluding tert-OH is 2. The van der Waals surface area contributed by atoms with Crippen LogP contribution in [0.2, 0.25) is 0 Å². The largest absolute Gasteiger partial charge is 0.436 e. The number of anilines is 2. The van der Waals surface area contributed by atoms with E-state index < -0.39 is 18.1 Å². The number of benzene rings is 4. The van der Waals surface area contributed by atoms with Crippen LogP contribution in [-0.2, 0) is 19.2 Å². The first-order valence-electron chi connectivity index (χ1n) is 18.6. The zero-order chi connectivity index (χ0) is 38.3. The molecule has 0 spiro atoms. The predicted molar refractivity (Wildman–Crippen MR) is 206 cm³/mol. The number of aromatic nitrogens is 1. The fraction of sp³-hybridized carbons (Fsp3) is 0.279. The molecule has 0 unspecified atom stereocenters. The maximum absolute atomic E-state index is 13.0. The fourth-order valence-electron chi connectivity index (χ4n) is 7.35. The summed E-state index contributed by atoms with van der Waals surface area (Å²) < 4.78 is 6.04. The number of nitrogens with zero attached hydrogens (tertiary/aromatic N) is 3. The van der Waals surface area contributed by atoms with Crippen LogP contribution in [0.5, 0.6) is 0 Å². The summed E-state index contributed by atoms with van der Waals surface area (Å²) in [4.78, 5) is 59.7. The lowest BCUT2D eigenvalue weighted by Gasteiger charge is -2.26.